The van der Waals surface area contributed by atoms with Crippen LogP contribution in [0.4, 0.5) is 0 Å². The molecule has 0 N–H and O–H groups in total. The molecule has 12 heavy (non-hydrogen) atoms. The van der Waals surface area contributed by atoms with Gasteiger partial charge in [0.05, 0.1) is 17.5 Å². The summed E-state index contributed by atoms with van der Waals surface area (Å²) in [6.45, 7) is 1.88. The van der Waals surface area contributed by atoms with Crippen LogP contribution in [-0.4, -0.2) is 29.5 Å². The highest BCUT2D eigenvalue weighted by molar-refractivity contribution is 7.92. The Bertz CT molecular complexity index is 381. The van der Waals surface area contributed by atoms with Crippen molar-refractivity contribution in [1.82, 2.24) is 9.55 Å². The normalized spacial score (nSPS) is 22.1. The second-order valence-corrected chi connectivity index (χ2v) is 5.27. The van der Waals surface area contributed by atoms with Gasteiger partial charge in [0.1, 0.15) is 5.82 Å². The Hall–Kier alpha value is -0.840. The molecule has 1 aromatic rings. The van der Waals surface area contributed by atoms with E-state index in [1.54, 1.807) is 6.20 Å². The quantitative estimate of drug-likeness (QED) is 0.628. The van der Waals surface area contributed by atoms with Crippen molar-refractivity contribution < 1.29 is 8.42 Å². The maximum absolute atomic E-state index is 10.9. The first kappa shape index (κ1) is 7.79. The molecule has 0 unspecified atom stereocenters. The van der Waals surface area contributed by atoms with Crippen LogP contribution in [0.25, 0.3) is 0 Å². The Morgan fingerprint density at radius 2 is 2.25 bits per heavy atom. The van der Waals surface area contributed by atoms with Crippen LogP contribution in [0, 0.1) is 6.92 Å². The molecule has 1 fully saturated rings. The van der Waals surface area contributed by atoms with Gasteiger partial charge in [-0.3, -0.25) is 0 Å². The van der Waals surface area contributed by atoms with E-state index in [2.05, 4.69) is 4.98 Å². The number of sulfone groups is 1. The van der Waals surface area contributed by atoms with Gasteiger partial charge in [0.15, 0.2) is 9.84 Å². The van der Waals surface area contributed by atoms with Gasteiger partial charge in [-0.05, 0) is 6.92 Å². The van der Waals surface area contributed by atoms with E-state index in [1.807, 2.05) is 17.7 Å². The van der Waals surface area contributed by atoms with Crippen molar-refractivity contribution in [3.63, 3.8) is 0 Å². The van der Waals surface area contributed by atoms with E-state index in [1.165, 1.54) is 0 Å². The first-order valence-corrected chi connectivity index (χ1v) is 5.60. The molecule has 0 radical (unpaired) electrons. The second-order valence-electron chi connectivity index (χ2n) is 3.11. The highest BCUT2D eigenvalue weighted by atomic mass is 32.2. The zero-order valence-corrected chi connectivity index (χ0v) is 7.58. The molecule has 0 bridgehead atoms. The number of imidazole rings is 1. The Kier molecular flexibility index (Phi) is 1.51. The highest BCUT2D eigenvalue weighted by Gasteiger charge is 2.34. The third-order valence-electron chi connectivity index (χ3n) is 2.15. The summed E-state index contributed by atoms with van der Waals surface area (Å²) in [7, 11) is -2.72. The van der Waals surface area contributed by atoms with Crippen LogP contribution < -0.4 is 0 Å². The van der Waals surface area contributed by atoms with Gasteiger partial charge in [0, 0.05) is 12.4 Å². The molecule has 2 heterocycles. The maximum atomic E-state index is 10.9. The Labute approximate surface area is 71.1 Å². The molecule has 0 atom stereocenters. The predicted molar refractivity (Wildman–Crippen MR) is 44.7 cm³/mol. The summed E-state index contributed by atoms with van der Waals surface area (Å²) >= 11 is 0. The van der Waals surface area contributed by atoms with Gasteiger partial charge in [0.2, 0.25) is 0 Å². The van der Waals surface area contributed by atoms with Crippen LogP contribution in [0.5, 0.6) is 0 Å². The number of rotatable bonds is 1. The van der Waals surface area contributed by atoms with Crippen molar-refractivity contribution in [3.8, 4) is 0 Å². The molecule has 1 aromatic heterocycles. The predicted octanol–water partition coefficient (Wildman–Crippen LogP) is 0.161. The van der Waals surface area contributed by atoms with E-state index in [0.717, 1.165) is 5.82 Å². The van der Waals surface area contributed by atoms with Gasteiger partial charge in [-0.25, -0.2) is 13.4 Å². The minimum atomic E-state index is -2.72. The molecule has 0 spiro atoms. The molecule has 0 aliphatic carbocycles. The summed E-state index contributed by atoms with van der Waals surface area (Å²) < 4.78 is 23.7. The van der Waals surface area contributed by atoms with Crippen LogP contribution in [0.15, 0.2) is 12.4 Å². The Morgan fingerprint density at radius 1 is 1.58 bits per heavy atom. The topological polar surface area (TPSA) is 52.0 Å². The van der Waals surface area contributed by atoms with E-state index in [4.69, 9.17) is 0 Å². The van der Waals surface area contributed by atoms with Gasteiger partial charge < -0.3 is 4.57 Å². The molecule has 4 nitrogen and oxygen atoms in total. The number of aryl methyl sites for hydroxylation is 1. The van der Waals surface area contributed by atoms with Gasteiger partial charge >= 0.3 is 0 Å². The van der Waals surface area contributed by atoms with Crippen LogP contribution in [0.1, 0.15) is 11.9 Å². The molecule has 5 heteroatoms. The van der Waals surface area contributed by atoms with E-state index < -0.39 is 9.84 Å². The van der Waals surface area contributed by atoms with Crippen LogP contribution in [0.3, 0.4) is 0 Å². The van der Waals surface area contributed by atoms with E-state index in [-0.39, 0.29) is 17.5 Å². The first-order valence-electron chi connectivity index (χ1n) is 3.78. The molecule has 1 aliphatic rings. The van der Waals surface area contributed by atoms with Gasteiger partial charge in [-0.1, -0.05) is 0 Å². The van der Waals surface area contributed by atoms with Crippen molar-refractivity contribution in [2.75, 3.05) is 11.5 Å². The third kappa shape index (κ3) is 1.14. The number of aromatic nitrogens is 2. The SMILES string of the molecule is Cc1nccn1C1CS(=O)(=O)C1. The van der Waals surface area contributed by atoms with E-state index in [0.29, 0.717) is 0 Å². The van der Waals surface area contributed by atoms with Crippen molar-refractivity contribution in [3.05, 3.63) is 18.2 Å². The van der Waals surface area contributed by atoms with Crippen molar-refractivity contribution in [2.45, 2.75) is 13.0 Å². The van der Waals surface area contributed by atoms with Gasteiger partial charge in [-0.2, -0.15) is 0 Å². The zero-order valence-electron chi connectivity index (χ0n) is 6.77. The lowest BCUT2D eigenvalue weighted by molar-refractivity contribution is 0.500. The second kappa shape index (κ2) is 2.32. The monoisotopic (exact) mass is 186 g/mol. The summed E-state index contributed by atoms with van der Waals surface area (Å²) in [5.74, 6) is 1.42. The standard InChI is InChI=1S/C7H10N2O2S/c1-6-8-2-3-9(6)7-4-12(10,11)5-7/h2-3,7H,4-5H2,1H3. The lowest BCUT2D eigenvalue weighted by Gasteiger charge is -2.27. The van der Waals surface area contributed by atoms with Crippen LogP contribution >= 0.6 is 0 Å². The minimum Gasteiger partial charge on any atom is -0.330 e. The average molecular weight is 186 g/mol. The van der Waals surface area contributed by atoms with Crippen LogP contribution in [-0.2, 0) is 9.84 Å². The summed E-state index contributed by atoms with van der Waals surface area (Å²) in [6.07, 6.45) is 3.52. The molecule has 1 saturated heterocycles. The molecular weight excluding hydrogens is 176 g/mol. The van der Waals surface area contributed by atoms with E-state index in [9.17, 15) is 8.42 Å². The minimum absolute atomic E-state index is 0.123. The Morgan fingerprint density at radius 3 is 2.67 bits per heavy atom. The van der Waals surface area contributed by atoms with Gasteiger partial charge in [0.25, 0.3) is 0 Å². The fourth-order valence-electron chi connectivity index (χ4n) is 1.47. The molecule has 0 amide bonds. The Balaban J connectivity index is 2.21. The summed E-state index contributed by atoms with van der Waals surface area (Å²) in [5.41, 5.74) is 0. The molecule has 0 aromatic carbocycles. The number of hydrogen-bond acceptors (Lipinski definition) is 3. The number of hydrogen-bond donors (Lipinski definition) is 0. The van der Waals surface area contributed by atoms with Gasteiger partial charge in [-0.15, -0.1) is 0 Å². The van der Waals surface area contributed by atoms with Crippen LogP contribution in [0.2, 0.25) is 0 Å². The molecule has 66 valence electrons. The average Bonchev–Trinajstić information content (AvgIpc) is 2.30. The molecule has 2 rings (SSSR count). The van der Waals surface area contributed by atoms with Crippen molar-refractivity contribution in [2.24, 2.45) is 0 Å². The van der Waals surface area contributed by atoms with Crippen molar-refractivity contribution in [1.29, 1.82) is 0 Å². The zero-order chi connectivity index (χ0) is 8.77. The van der Waals surface area contributed by atoms with Crippen molar-refractivity contribution >= 4 is 9.84 Å². The van der Waals surface area contributed by atoms with E-state index >= 15 is 0 Å². The molecule has 1 aliphatic heterocycles. The summed E-state index contributed by atoms with van der Waals surface area (Å²) in [6, 6.07) is 0.123. The smallest absolute Gasteiger partial charge is 0.154 e. The fraction of sp³-hybridized carbons (Fsp3) is 0.571. The number of nitrogens with zero attached hydrogens (tertiary/aromatic N) is 2. The molecule has 0 saturated carbocycles. The summed E-state index contributed by atoms with van der Waals surface area (Å²) in [5, 5.41) is 0. The summed E-state index contributed by atoms with van der Waals surface area (Å²) in [4.78, 5) is 4.04. The maximum Gasteiger partial charge on any atom is 0.154 e. The fourth-order valence-corrected chi connectivity index (χ4v) is 2.87. The first-order chi connectivity index (χ1) is 5.58. The lowest BCUT2D eigenvalue weighted by Crippen LogP contribution is -2.38. The molecular formula is C7H10N2O2S. The third-order valence-corrected chi connectivity index (χ3v) is 3.93. The lowest BCUT2D eigenvalue weighted by atomic mass is 10.3. The highest BCUT2D eigenvalue weighted by Crippen LogP contribution is 2.24. The largest absolute Gasteiger partial charge is 0.330 e.